The highest BCUT2D eigenvalue weighted by Gasteiger charge is 2.11. The smallest absolute Gasteiger partial charge is 0.148 e. The molecule has 1 heterocycles. The van der Waals surface area contributed by atoms with Gasteiger partial charge in [-0.05, 0) is 31.5 Å². The molecular formula is C15H20N2O2. The summed E-state index contributed by atoms with van der Waals surface area (Å²) < 4.78 is 10.7. The van der Waals surface area contributed by atoms with Gasteiger partial charge in [-0.25, -0.2) is 4.98 Å². The lowest BCUT2D eigenvalue weighted by Crippen LogP contribution is -2.18. The zero-order valence-corrected chi connectivity index (χ0v) is 11.9. The minimum atomic E-state index is 0.0913. The summed E-state index contributed by atoms with van der Waals surface area (Å²) in [6.45, 7) is 4.04. The van der Waals surface area contributed by atoms with Crippen molar-refractivity contribution in [1.82, 2.24) is 4.98 Å². The molecule has 4 nitrogen and oxygen atoms in total. The molecule has 0 aliphatic heterocycles. The van der Waals surface area contributed by atoms with E-state index in [-0.39, 0.29) is 6.04 Å². The van der Waals surface area contributed by atoms with E-state index in [2.05, 4.69) is 18.0 Å². The van der Waals surface area contributed by atoms with Crippen molar-refractivity contribution < 1.29 is 9.47 Å². The lowest BCUT2D eigenvalue weighted by atomic mass is 10.1. The average Bonchev–Trinajstić information content (AvgIpc) is 2.37. The number of hydrogen-bond donors (Lipinski definition) is 1. The molecule has 1 unspecified atom stereocenters. The molecule has 4 heteroatoms. The summed E-state index contributed by atoms with van der Waals surface area (Å²) in [5.74, 6) is 1.50. The fraction of sp³-hybridized carbons (Fsp3) is 0.400. The van der Waals surface area contributed by atoms with Crippen molar-refractivity contribution in [2.24, 2.45) is 5.73 Å². The van der Waals surface area contributed by atoms with Gasteiger partial charge in [-0.15, -0.1) is 0 Å². The Bertz CT molecular complexity index is 594. The highest BCUT2D eigenvalue weighted by atomic mass is 16.5. The fourth-order valence-electron chi connectivity index (χ4n) is 2.21. The molecule has 2 rings (SSSR count). The minimum Gasteiger partial charge on any atom is -0.497 e. The molecule has 1 aromatic heterocycles. The van der Waals surface area contributed by atoms with E-state index in [4.69, 9.17) is 15.2 Å². The lowest BCUT2D eigenvalue weighted by molar-refractivity contribution is 0.397. The van der Waals surface area contributed by atoms with Crippen LogP contribution in [0.2, 0.25) is 0 Å². The van der Waals surface area contributed by atoms with Gasteiger partial charge in [-0.2, -0.15) is 0 Å². The van der Waals surface area contributed by atoms with Crippen LogP contribution in [0.1, 0.15) is 18.2 Å². The maximum Gasteiger partial charge on any atom is 0.148 e. The molecule has 102 valence electrons. The molecule has 1 atom stereocenters. The summed E-state index contributed by atoms with van der Waals surface area (Å²) in [7, 11) is 3.29. The Morgan fingerprint density at radius 2 is 1.95 bits per heavy atom. The van der Waals surface area contributed by atoms with Gasteiger partial charge in [0.15, 0.2) is 0 Å². The van der Waals surface area contributed by atoms with Crippen molar-refractivity contribution in [3.8, 4) is 11.5 Å². The van der Waals surface area contributed by atoms with Crippen molar-refractivity contribution in [2.75, 3.05) is 14.2 Å². The Kier molecular flexibility index (Phi) is 3.90. The summed E-state index contributed by atoms with van der Waals surface area (Å²) in [5, 5.41) is 1.05. The molecule has 0 saturated heterocycles. The number of fused-ring (bicyclic) bond motifs is 1. The van der Waals surface area contributed by atoms with Crippen molar-refractivity contribution in [2.45, 2.75) is 26.3 Å². The van der Waals surface area contributed by atoms with Gasteiger partial charge in [0, 0.05) is 29.6 Å². The zero-order valence-electron chi connectivity index (χ0n) is 11.9. The van der Waals surface area contributed by atoms with Crippen molar-refractivity contribution in [3.63, 3.8) is 0 Å². The summed E-state index contributed by atoms with van der Waals surface area (Å²) >= 11 is 0. The molecule has 19 heavy (non-hydrogen) atoms. The third kappa shape index (κ3) is 2.79. The third-order valence-electron chi connectivity index (χ3n) is 3.10. The van der Waals surface area contributed by atoms with Crippen LogP contribution in [0.3, 0.4) is 0 Å². The number of aryl methyl sites for hydroxylation is 1. The molecule has 0 amide bonds. The van der Waals surface area contributed by atoms with Crippen LogP contribution in [-0.2, 0) is 6.42 Å². The SMILES string of the molecule is COc1cc(OC)c2nc(CC(C)N)cc(C)c2c1. The molecule has 0 bridgehead atoms. The molecule has 1 aromatic carbocycles. The van der Waals surface area contributed by atoms with Crippen LogP contribution >= 0.6 is 0 Å². The Labute approximate surface area is 113 Å². The maximum absolute atomic E-state index is 5.84. The Morgan fingerprint density at radius 1 is 1.21 bits per heavy atom. The van der Waals surface area contributed by atoms with Crippen LogP contribution in [0.25, 0.3) is 10.9 Å². The van der Waals surface area contributed by atoms with Crippen LogP contribution in [-0.4, -0.2) is 25.2 Å². The van der Waals surface area contributed by atoms with E-state index in [9.17, 15) is 0 Å². The molecule has 0 fully saturated rings. The second-order valence-corrected chi connectivity index (χ2v) is 4.84. The maximum atomic E-state index is 5.84. The van der Waals surface area contributed by atoms with Crippen molar-refractivity contribution >= 4 is 10.9 Å². The van der Waals surface area contributed by atoms with Crippen LogP contribution in [0.5, 0.6) is 11.5 Å². The number of nitrogens with two attached hydrogens (primary N) is 1. The largest absolute Gasteiger partial charge is 0.497 e. The Hall–Kier alpha value is -1.81. The second kappa shape index (κ2) is 5.45. The molecule has 0 aliphatic rings. The Morgan fingerprint density at radius 3 is 2.53 bits per heavy atom. The van der Waals surface area contributed by atoms with Gasteiger partial charge >= 0.3 is 0 Å². The normalized spacial score (nSPS) is 12.5. The predicted molar refractivity (Wildman–Crippen MR) is 76.9 cm³/mol. The number of benzene rings is 1. The standard InChI is InChI=1S/C15H20N2O2/c1-9-5-11(6-10(2)16)17-15-13(9)7-12(18-3)8-14(15)19-4/h5,7-8,10H,6,16H2,1-4H3. The van der Waals surface area contributed by atoms with E-state index in [1.807, 2.05) is 19.1 Å². The number of aromatic nitrogens is 1. The second-order valence-electron chi connectivity index (χ2n) is 4.84. The molecule has 0 radical (unpaired) electrons. The van der Waals surface area contributed by atoms with E-state index < -0.39 is 0 Å². The average molecular weight is 260 g/mol. The molecule has 2 N–H and O–H groups in total. The summed E-state index contributed by atoms with van der Waals surface area (Å²) in [6.07, 6.45) is 0.756. The van der Waals surface area contributed by atoms with E-state index >= 15 is 0 Å². The Balaban J connectivity index is 2.65. The number of methoxy groups -OCH3 is 2. The first-order valence-corrected chi connectivity index (χ1v) is 6.33. The fourth-order valence-corrected chi connectivity index (χ4v) is 2.21. The van der Waals surface area contributed by atoms with Gasteiger partial charge in [0.25, 0.3) is 0 Å². The molecular weight excluding hydrogens is 240 g/mol. The monoisotopic (exact) mass is 260 g/mol. The van der Waals surface area contributed by atoms with Crippen LogP contribution in [0.4, 0.5) is 0 Å². The van der Waals surface area contributed by atoms with Crippen LogP contribution in [0, 0.1) is 6.92 Å². The van der Waals surface area contributed by atoms with Gasteiger partial charge in [-0.3, -0.25) is 0 Å². The van der Waals surface area contributed by atoms with E-state index in [1.165, 1.54) is 0 Å². The van der Waals surface area contributed by atoms with Gasteiger partial charge < -0.3 is 15.2 Å². The number of nitrogens with zero attached hydrogens (tertiary/aromatic N) is 1. The first-order valence-electron chi connectivity index (χ1n) is 6.33. The van der Waals surface area contributed by atoms with E-state index in [1.54, 1.807) is 14.2 Å². The van der Waals surface area contributed by atoms with E-state index in [0.29, 0.717) is 0 Å². The number of hydrogen-bond acceptors (Lipinski definition) is 4. The van der Waals surface area contributed by atoms with Crippen LogP contribution < -0.4 is 15.2 Å². The van der Waals surface area contributed by atoms with Crippen LogP contribution in [0.15, 0.2) is 18.2 Å². The van der Waals surface area contributed by atoms with Gasteiger partial charge in [-0.1, -0.05) is 0 Å². The highest BCUT2D eigenvalue weighted by molar-refractivity contribution is 5.89. The van der Waals surface area contributed by atoms with Crippen molar-refractivity contribution in [3.05, 3.63) is 29.5 Å². The molecule has 0 spiro atoms. The van der Waals surface area contributed by atoms with E-state index in [0.717, 1.165) is 40.1 Å². The number of rotatable bonds is 4. The quantitative estimate of drug-likeness (QED) is 0.917. The number of ether oxygens (including phenoxy) is 2. The highest BCUT2D eigenvalue weighted by Crippen LogP contribution is 2.32. The zero-order chi connectivity index (χ0) is 14.0. The first kappa shape index (κ1) is 13.6. The molecule has 0 saturated carbocycles. The number of pyridine rings is 1. The summed E-state index contributed by atoms with van der Waals surface area (Å²) in [5.41, 5.74) is 8.84. The van der Waals surface area contributed by atoms with Gasteiger partial charge in [0.1, 0.15) is 17.0 Å². The summed E-state index contributed by atoms with van der Waals surface area (Å²) in [6, 6.07) is 6.00. The van der Waals surface area contributed by atoms with Crippen molar-refractivity contribution in [1.29, 1.82) is 0 Å². The van der Waals surface area contributed by atoms with Gasteiger partial charge in [0.2, 0.25) is 0 Å². The van der Waals surface area contributed by atoms with Gasteiger partial charge in [0.05, 0.1) is 14.2 Å². The third-order valence-corrected chi connectivity index (χ3v) is 3.10. The lowest BCUT2D eigenvalue weighted by Gasteiger charge is -2.12. The molecule has 0 aliphatic carbocycles. The minimum absolute atomic E-state index is 0.0913. The first-order chi connectivity index (χ1) is 9.05. The summed E-state index contributed by atoms with van der Waals surface area (Å²) in [4.78, 5) is 4.66. The topological polar surface area (TPSA) is 57.4 Å². The molecule has 2 aromatic rings. The predicted octanol–water partition coefficient (Wildman–Crippen LogP) is 2.45.